The molecule has 0 saturated heterocycles. The molecule has 0 spiro atoms. The molecule has 1 nitrogen and oxygen atoms in total. The smallest absolute Gasteiger partial charge is 0.174 e. The molecular weight excluding hydrogens is 240 g/mol. The second-order valence-electron chi connectivity index (χ2n) is 5.11. The van der Waals surface area contributed by atoms with E-state index in [4.69, 9.17) is 0 Å². The van der Waals surface area contributed by atoms with Gasteiger partial charge in [0, 0.05) is 16.7 Å². The molecule has 3 rings (SSSR count). The summed E-state index contributed by atoms with van der Waals surface area (Å²) in [5.41, 5.74) is 2.36. The van der Waals surface area contributed by atoms with Crippen molar-refractivity contribution >= 4 is 17.1 Å². The van der Waals surface area contributed by atoms with Gasteiger partial charge in [-0.25, -0.2) is 0 Å². The van der Waals surface area contributed by atoms with E-state index in [0.717, 1.165) is 11.3 Å². The number of carbonyl (C=O) groups excluding carboxylic acids is 1. The lowest BCUT2D eigenvalue weighted by Gasteiger charge is -2.24. The molecule has 0 bridgehead atoms. The number of rotatable bonds is 2. The summed E-state index contributed by atoms with van der Waals surface area (Å²) >= 11 is 1.68. The molecule has 1 atom stereocenters. The number of hydrogen-bond acceptors (Lipinski definition) is 2. The van der Waals surface area contributed by atoms with Crippen molar-refractivity contribution in [3.63, 3.8) is 0 Å². The van der Waals surface area contributed by atoms with Gasteiger partial charge >= 0.3 is 0 Å². The van der Waals surface area contributed by atoms with Crippen LogP contribution in [0.4, 0.5) is 0 Å². The zero-order chi connectivity index (χ0) is 12.8. The number of ketones is 1. The van der Waals surface area contributed by atoms with E-state index in [1.807, 2.05) is 6.07 Å². The van der Waals surface area contributed by atoms with Crippen LogP contribution in [0.5, 0.6) is 0 Å². The molecule has 2 heteroatoms. The molecule has 1 aromatic carbocycles. The quantitative estimate of drug-likeness (QED) is 0.787. The molecule has 1 aromatic heterocycles. The number of Topliss-reactive ketones (excluding diaryl/α,β-unsaturated/α-hetero) is 1. The van der Waals surface area contributed by atoms with Crippen LogP contribution in [0, 0.1) is 0 Å². The van der Waals surface area contributed by atoms with Gasteiger partial charge in [0.1, 0.15) is 0 Å². The number of carbonyl (C=O) groups is 1. The van der Waals surface area contributed by atoms with Crippen molar-refractivity contribution < 1.29 is 4.79 Å². The SMILES string of the molecule is CCc1cc2c(s1)C(=O)CC2(C)c1ccccc1. The molecule has 0 aliphatic heterocycles. The molecule has 2 aromatic rings. The van der Waals surface area contributed by atoms with Crippen molar-refractivity contribution in [1.29, 1.82) is 0 Å². The third kappa shape index (κ3) is 1.56. The summed E-state index contributed by atoms with van der Waals surface area (Å²) in [6.45, 7) is 4.34. The normalized spacial score (nSPS) is 22.2. The number of benzene rings is 1. The third-order valence-corrected chi connectivity index (χ3v) is 5.22. The van der Waals surface area contributed by atoms with Gasteiger partial charge in [-0.3, -0.25) is 4.79 Å². The van der Waals surface area contributed by atoms with Crippen LogP contribution in [-0.2, 0) is 11.8 Å². The average molecular weight is 256 g/mol. The Balaban J connectivity index is 2.16. The lowest BCUT2D eigenvalue weighted by molar-refractivity contribution is 0.0985. The van der Waals surface area contributed by atoms with Crippen LogP contribution in [0.1, 0.15) is 45.9 Å². The fourth-order valence-corrected chi connectivity index (χ4v) is 3.96. The predicted octanol–water partition coefficient (Wildman–Crippen LogP) is 4.20. The molecular formula is C16H16OS. The van der Waals surface area contributed by atoms with E-state index >= 15 is 0 Å². The first-order valence-corrected chi connectivity index (χ1v) is 7.18. The molecule has 0 N–H and O–H groups in total. The lowest BCUT2D eigenvalue weighted by atomic mass is 9.78. The molecule has 0 radical (unpaired) electrons. The highest BCUT2D eigenvalue weighted by molar-refractivity contribution is 7.14. The highest BCUT2D eigenvalue weighted by Gasteiger charge is 2.42. The summed E-state index contributed by atoms with van der Waals surface area (Å²) in [7, 11) is 0. The Kier molecular flexibility index (Phi) is 2.63. The summed E-state index contributed by atoms with van der Waals surface area (Å²) in [5.74, 6) is 0.307. The third-order valence-electron chi connectivity index (χ3n) is 3.90. The monoisotopic (exact) mass is 256 g/mol. The number of fused-ring (bicyclic) bond motifs is 1. The molecule has 0 fully saturated rings. The molecule has 1 aliphatic rings. The van der Waals surface area contributed by atoms with Crippen LogP contribution >= 0.6 is 11.3 Å². The standard InChI is InChI=1S/C16H16OS/c1-3-12-9-13-15(18-12)14(17)10-16(13,2)11-7-5-4-6-8-11/h4-9H,3,10H2,1-2H3. The molecule has 18 heavy (non-hydrogen) atoms. The van der Waals surface area contributed by atoms with Crippen molar-refractivity contribution in [3.05, 3.63) is 57.3 Å². The van der Waals surface area contributed by atoms with Gasteiger partial charge < -0.3 is 0 Å². The first kappa shape index (κ1) is 11.7. The van der Waals surface area contributed by atoms with E-state index in [0.29, 0.717) is 12.2 Å². The number of hydrogen-bond donors (Lipinski definition) is 0. The minimum Gasteiger partial charge on any atom is -0.293 e. The van der Waals surface area contributed by atoms with Crippen LogP contribution in [0.25, 0.3) is 0 Å². The van der Waals surface area contributed by atoms with E-state index < -0.39 is 0 Å². The van der Waals surface area contributed by atoms with Gasteiger partial charge in [-0.2, -0.15) is 0 Å². The highest BCUT2D eigenvalue weighted by Crippen LogP contribution is 2.47. The fourth-order valence-electron chi connectivity index (χ4n) is 2.79. The molecule has 1 heterocycles. The van der Waals surface area contributed by atoms with Crippen LogP contribution in [0.3, 0.4) is 0 Å². The predicted molar refractivity (Wildman–Crippen MR) is 75.5 cm³/mol. The maximum absolute atomic E-state index is 12.2. The Morgan fingerprint density at radius 3 is 2.67 bits per heavy atom. The Bertz CT molecular complexity index is 597. The Hall–Kier alpha value is -1.41. The van der Waals surface area contributed by atoms with Crippen molar-refractivity contribution in [2.75, 3.05) is 0 Å². The van der Waals surface area contributed by atoms with E-state index in [-0.39, 0.29) is 5.41 Å². The van der Waals surface area contributed by atoms with Gasteiger partial charge in [-0.05, 0) is 23.6 Å². The topological polar surface area (TPSA) is 17.1 Å². The van der Waals surface area contributed by atoms with E-state index in [1.54, 1.807) is 11.3 Å². The second-order valence-corrected chi connectivity index (χ2v) is 6.24. The van der Waals surface area contributed by atoms with Crippen LogP contribution in [0.2, 0.25) is 0 Å². The molecule has 92 valence electrons. The summed E-state index contributed by atoms with van der Waals surface area (Å²) in [4.78, 5) is 14.5. The van der Waals surface area contributed by atoms with Crippen molar-refractivity contribution in [1.82, 2.24) is 0 Å². The maximum atomic E-state index is 12.2. The minimum atomic E-state index is -0.127. The zero-order valence-electron chi connectivity index (χ0n) is 10.7. The number of aryl methyl sites for hydroxylation is 1. The summed E-state index contributed by atoms with van der Waals surface area (Å²) in [6.07, 6.45) is 1.62. The summed E-state index contributed by atoms with van der Waals surface area (Å²) < 4.78 is 0. The van der Waals surface area contributed by atoms with E-state index in [1.165, 1.54) is 16.0 Å². The van der Waals surface area contributed by atoms with Crippen molar-refractivity contribution in [2.24, 2.45) is 0 Å². The van der Waals surface area contributed by atoms with Gasteiger partial charge in [0.25, 0.3) is 0 Å². The van der Waals surface area contributed by atoms with Crippen molar-refractivity contribution in [3.8, 4) is 0 Å². The van der Waals surface area contributed by atoms with E-state index in [9.17, 15) is 4.79 Å². The second kappa shape index (κ2) is 4.06. The summed E-state index contributed by atoms with van der Waals surface area (Å²) in [6, 6.07) is 12.6. The van der Waals surface area contributed by atoms with Gasteiger partial charge in [-0.1, -0.05) is 44.2 Å². The Labute approximate surface area is 111 Å². The average Bonchev–Trinajstić information content (AvgIpc) is 2.92. The molecule has 1 aliphatic carbocycles. The molecule has 1 unspecified atom stereocenters. The number of thiophene rings is 1. The van der Waals surface area contributed by atoms with Gasteiger partial charge in [0.2, 0.25) is 0 Å². The van der Waals surface area contributed by atoms with Crippen LogP contribution < -0.4 is 0 Å². The maximum Gasteiger partial charge on any atom is 0.174 e. The minimum absolute atomic E-state index is 0.127. The fraction of sp³-hybridized carbons (Fsp3) is 0.312. The Morgan fingerprint density at radius 1 is 1.28 bits per heavy atom. The first-order valence-electron chi connectivity index (χ1n) is 6.37. The first-order chi connectivity index (χ1) is 8.65. The van der Waals surface area contributed by atoms with Crippen LogP contribution in [-0.4, -0.2) is 5.78 Å². The highest BCUT2D eigenvalue weighted by atomic mass is 32.1. The van der Waals surface area contributed by atoms with Gasteiger partial charge in [0.15, 0.2) is 5.78 Å². The van der Waals surface area contributed by atoms with E-state index in [2.05, 4.69) is 44.2 Å². The van der Waals surface area contributed by atoms with Gasteiger partial charge in [0.05, 0.1) is 4.88 Å². The largest absolute Gasteiger partial charge is 0.293 e. The molecule has 0 saturated carbocycles. The Morgan fingerprint density at radius 2 is 2.00 bits per heavy atom. The lowest BCUT2D eigenvalue weighted by Crippen LogP contribution is -2.20. The molecule has 0 amide bonds. The summed E-state index contributed by atoms with van der Waals surface area (Å²) in [5, 5.41) is 0. The van der Waals surface area contributed by atoms with Crippen molar-refractivity contribution in [2.45, 2.75) is 32.1 Å². The zero-order valence-corrected chi connectivity index (χ0v) is 11.5. The van der Waals surface area contributed by atoms with Gasteiger partial charge in [-0.15, -0.1) is 11.3 Å². The van der Waals surface area contributed by atoms with Crippen LogP contribution in [0.15, 0.2) is 36.4 Å².